The molecule has 0 aromatic carbocycles. The second-order valence-corrected chi connectivity index (χ2v) is 2.87. The molecule has 0 saturated heterocycles. The summed E-state index contributed by atoms with van der Waals surface area (Å²) >= 11 is 0. The Kier molecular flexibility index (Phi) is 3.41. The summed E-state index contributed by atoms with van der Waals surface area (Å²) in [4.78, 5) is 26.8. The van der Waals surface area contributed by atoms with E-state index in [4.69, 9.17) is 5.11 Å². The van der Waals surface area contributed by atoms with Gasteiger partial charge >= 0.3 is 0 Å². The first-order valence-corrected chi connectivity index (χ1v) is 4.20. The van der Waals surface area contributed by atoms with Gasteiger partial charge in [-0.3, -0.25) is 9.59 Å². The number of nitrogens with one attached hydrogen (secondary N) is 1. The van der Waals surface area contributed by atoms with Crippen molar-refractivity contribution in [2.24, 2.45) is 0 Å². The number of aromatic amines is 1. The first-order valence-electron chi connectivity index (χ1n) is 4.20. The molecule has 1 aromatic heterocycles. The molecule has 1 aromatic rings. The number of hydrogen-bond donors (Lipinski definition) is 2. The molecule has 1 heterocycles. The summed E-state index contributed by atoms with van der Waals surface area (Å²) in [6.45, 7) is 0.0974. The molecule has 2 N–H and O–H groups in total. The maximum Gasteiger partial charge on any atom is 0.259 e. The van der Waals surface area contributed by atoms with Gasteiger partial charge in [0.2, 0.25) is 0 Å². The van der Waals surface area contributed by atoms with Crippen LogP contribution in [0.5, 0.6) is 0 Å². The summed E-state index contributed by atoms with van der Waals surface area (Å²) in [7, 11) is 1.53. The molecule has 0 saturated carbocycles. The monoisotopic (exact) mass is 196 g/mol. The van der Waals surface area contributed by atoms with Gasteiger partial charge in [-0.25, -0.2) is 0 Å². The fraction of sp³-hybridized carbons (Fsp3) is 0.333. The maximum atomic E-state index is 11.6. The fourth-order valence-electron chi connectivity index (χ4n) is 1.04. The number of carbonyl (C=O) groups excluding carboxylic acids is 1. The summed E-state index contributed by atoms with van der Waals surface area (Å²) < 4.78 is 0. The van der Waals surface area contributed by atoms with Crippen LogP contribution in [-0.2, 0) is 0 Å². The van der Waals surface area contributed by atoms with Gasteiger partial charge in [0.15, 0.2) is 5.43 Å². The van der Waals surface area contributed by atoms with Crippen molar-refractivity contribution in [1.29, 1.82) is 0 Å². The normalized spacial score (nSPS) is 9.86. The van der Waals surface area contributed by atoms with Gasteiger partial charge in [0.1, 0.15) is 5.56 Å². The third-order valence-corrected chi connectivity index (χ3v) is 1.84. The average Bonchev–Trinajstić information content (AvgIpc) is 2.18. The number of nitrogens with zero attached hydrogens (tertiary/aromatic N) is 1. The Hall–Kier alpha value is -1.62. The standard InChI is InChI=1S/C9H12N2O3/c1-11(4-5-12)9(14)7-6-10-3-2-8(7)13/h2-3,6,12H,4-5H2,1H3,(H,10,13). The molecule has 0 fully saturated rings. The van der Waals surface area contributed by atoms with Gasteiger partial charge in [0.05, 0.1) is 6.61 Å². The Bertz CT molecular complexity index is 372. The molecule has 5 nitrogen and oxygen atoms in total. The van der Waals surface area contributed by atoms with E-state index >= 15 is 0 Å². The van der Waals surface area contributed by atoms with Gasteiger partial charge in [0, 0.05) is 32.1 Å². The van der Waals surface area contributed by atoms with E-state index < -0.39 is 0 Å². The molecule has 14 heavy (non-hydrogen) atoms. The molecular weight excluding hydrogens is 184 g/mol. The van der Waals surface area contributed by atoms with Gasteiger partial charge in [-0.15, -0.1) is 0 Å². The molecule has 5 heteroatoms. The van der Waals surface area contributed by atoms with Crippen LogP contribution in [0.15, 0.2) is 23.3 Å². The Labute approximate surface area is 81.0 Å². The molecule has 0 unspecified atom stereocenters. The van der Waals surface area contributed by atoms with Crippen LogP contribution in [0, 0.1) is 0 Å². The first-order chi connectivity index (χ1) is 6.66. The van der Waals surface area contributed by atoms with Crippen LogP contribution < -0.4 is 5.43 Å². The largest absolute Gasteiger partial charge is 0.395 e. The van der Waals surface area contributed by atoms with E-state index in [1.807, 2.05) is 0 Å². The second-order valence-electron chi connectivity index (χ2n) is 2.87. The zero-order valence-corrected chi connectivity index (χ0v) is 7.86. The maximum absolute atomic E-state index is 11.6. The molecule has 1 amide bonds. The average molecular weight is 196 g/mol. The van der Waals surface area contributed by atoms with E-state index in [0.717, 1.165) is 0 Å². The van der Waals surface area contributed by atoms with E-state index in [1.54, 1.807) is 0 Å². The zero-order valence-electron chi connectivity index (χ0n) is 7.86. The van der Waals surface area contributed by atoms with E-state index in [1.165, 1.54) is 30.4 Å². The lowest BCUT2D eigenvalue weighted by molar-refractivity contribution is 0.0765. The SMILES string of the molecule is CN(CCO)C(=O)c1c[nH]ccc1=O. The Balaban J connectivity index is 2.90. The lowest BCUT2D eigenvalue weighted by Gasteiger charge is -2.14. The highest BCUT2D eigenvalue weighted by Crippen LogP contribution is 1.94. The van der Waals surface area contributed by atoms with Gasteiger partial charge < -0.3 is 15.0 Å². The second kappa shape index (κ2) is 4.57. The summed E-state index contributed by atoms with van der Waals surface area (Å²) in [6.07, 6.45) is 2.82. The number of pyridine rings is 1. The van der Waals surface area contributed by atoms with Crippen LogP contribution in [0.2, 0.25) is 0 Å². The molecule has 0 spiro atoms. The third kappa shape index (κ3) is 2.20. The highest BCUT2D eigenvalue weighted by molar-refractivity contribution is 5.93. The molecule has 0 aliphatic heterocycles. The number of aliphatic hydroxyl groups is 1. The van der Waals surface area contributed by atoms with Crippen LogP contribution in [0.3, 0.4) is 0 Å². The van der Waals surface area contributed by atoms with Gasteiger partial charge in [-0.2, -0.15) is 0 Å². The quantitative estimate of drug-likeness (QED) is 0.680. The molecule has 0 atom stereocenters. The van der Waals surface area contributed by atoms with Crippen molar-refractivity contribution in [2.45, 2.75) is 0 Å². The first kappa shape index (κ1) is 10.5. The smallest absolute Gasteiger partial charge is 0.259 e. The zero-order chi connectivity index (χ0) is 10.6. The molecule has 76 valence electrons. The van der Waals surface area contributed by atoms with E-state index in [9.17, 15) is 9.59 Å². The van der Waals surface area contributed by atoms with Crippen molar-refractivity contribution in [3.05, 3.63) is 34.2 Å². The van der Waals surface area contributed by atoms with Crippen molar-refractivity contribution >= 4 is 5.91 Å². The number of likely N-dealkylation sites (N-methyl/N-ethyl adjacent to an activating group) is 1. The molecule has 0 aliphatic carbocycles. The van der Waals surface area contributed by atoms with E-state index in [-0.39, 0.29) is 30.1 Å². The minimum Gasteiger partial charge on any atom is -0.395 e. The number of rotatable bonds is 3. The number of aliphatic hydroxyl groups excluding tert-OH is 1. The molecule has 0 bridgehead atoms. The summed E-state index contributed by atoms with van der Waals surface area (Å²) in [5.74, 6) is -0.388. The lowest BCUT2D eigenvalue weighted by atomic mass is 10.2. The summed E-state index contributed by atoms with van der Waals surface area (Å²) in [5, 5.41) is 8.62. The molecule has 0 aliphatic rings. The van der Waals surface area contributed by atoms with Crippen LogP contribution in [0.25, 0.3) is 0 Å². The Morgan fingerprint density at radius 3 is 2.93 bits per heavy atom. The highest BCUT2D eigenvalue weighted by atomic mass is 16.3. The third-order valence-electron chi connectivity index (χ3n) is 1.84. The number of aromatic nitrogens is 1. The number of hydrogen-bond acceptors (Lipinski definition) is 3. The molecule has 1 rings (SSSR count). The number of amides is 1. The van der Waals surface area contributed by atoms with Crippen molar-refractivity contribution < 1.29 is 9.90 Å². The minimum atomic E-state index is -0.388. The number of carbonyl (C=O) groups is 1. The van der Waals surface area contributed by atoms with Crippen molar-refractivity contribution in [3.63, 3.8) is 0 Å². The van der Waals surface area contributed by atoms with Gasteiger partial charge in [-0.05, 0) is 0 Å². The summed E-state index contributed by atoms with van der Waals surface area (Å²) in [5.41, 5.74) is -0.234. The van der Waals surface area contributed by atoms with Crippen LogP contribution in [0.4, 0.5) is 0 Å². The molecular formula is C9H12N2O3. The summed E-state index contributed by atoms with van der Waals surface area (Å²) in [6, 6.07) is 1.29. The molecule has 0 radical (unpaired) electrons. The predicted molar refractivity (Wildman–Crippen MR) is 51.1 cm³/mol. The van der Waals surface area contributed by atoms with Crippen molar-refractivity contribution in [1.82, 2.24) is 9.88 Å². The minimum absolute atomic E-state index is 0.0865. The van der Waals surface area contributed by atoms with Crippen LogP contribution in [-0.4, -0.2) is 41.1 Å². The predicted octanol–water partition coefficient (Wildman–Crippen LogP) is -0.561. The Morgan fingerprint density at radius 1 is 1.64 bits per heavy atom. The Morgan fingerprint density at radius 2 is 2.36 bits per heavy atom. The van der Waals surface area contributed by atoms with E-state index in [0.29, 0.717) is 0 Å². The fourth-order valence-corrected chi connectivity index (χ4v) is 1.04. The van der Waals surface area contributed by atoms with Gasteiger partial charge in [-0.1, -0.05) is 0 Å². The number of H-pyrrole nitrogens is 1. The van der Waals surface area contributed by atoms with E-state index in [2.05, 4.69) is 4.98 Å². The topological polar surface area (TPSA) is 73.4 Å². The highest BCUT2D eigenvalue weighted by Gasteiger charge is 2.13. The van der Waals surface area contributed by atoms with Crippen molar-refractivity contribution in [3.8, 4) is 0 Å². The lowest BCUT2D eigenvalue weighted by Crippen LogP contribution is -2.32. The van der Waals surface area contributed by atoms with Crippen molar-refractivity contribution in [2.75, 3.05) is 20.2 Å². The van der Waals surface area contributed by atoms with Crippen LogP contribution in [0.1, 0.15) is 10.4 Å². The van der Waals surface area contributed by atoms with Gasteiger partial charge in [0.25, 0.3) is 5.91 Å². The van der Waals surface area contributed by atoms with Crippen LogP contribution >= 0.6 is 0 Å².